The van der Waals surface area contributed by atoms with Crippen molar-refractivity contribution >= 4 is 21.8 Å². The largest absolute Gasteiger partial charge is 0.378 e. The van der Waals surface area contributed by atoms with Crippen LogP contribution in [-0.4, -0.2) is 37.1 Å². The molecule has 0 aromatic carbocycles. The molecule has 0 unspecified atom stereocenters. The van der Waals surface area contributed by atoms with E-state index in [-0.39, 0.29) is 5.91 Å². The molecule has 1 rings (SSSR count). The van der Waals surface area contributed by atoms with Crippen molar-refractivity contribution in [2.75, 3.05) is 26.3 Å². The van der Waals surface area contributed by atoms with Gasteiger partial charge in [0.2, 0.25) is 0 Å². The quantitative estimate of drug-likeness (QED) is 0.610. The maximum Gasteiger partial charge on any atom is 0.260 e. The minimum atomic E-state index is -0.0340. The van der Waals surface area contributed by atoms with Crippen LogP contribution in [0.5, 0.6) is 0 Å². The molecule has 1 saturated heterocycles. The molecule has 0 aliphatic carbocycles. The summed E-state index contributed by atoms with van der Waals surface area (Å²) in [6.45, 7) is 6.12. The van der Waals surface area contributed by atoms with Crippen LogP contribution in [0, 0.1) is 0 Å². The maximum absolute atomic E-state index is 11.2. The molecule has 11 heavy (non-hydrogen) atoms. The predicted octanol–water partition coefficient (Wildman–Crippen LogP) is 0.754. The van der Waals surface area contributed by atoms with E-state index < -0.39 is 0 Å². The van der Waals surface area contributed by atoms with Crippen molar-refractivity contribution in [1.29, 1.82) is 0 Å². The molecule has 3 nitrogen and oxygen atoms in total. The van der Waals surface area contributed by atoms with Crippen molar-refractivity contribution in [3.63, 3.8) is 0 Å². The molecule has 0 radical (unpaired) electrons. The highest BCUT2D eigenvalue weighted by Gasteiger charge is 2.17. The van der Waals surface area contributed by atoms with Gasteiger partial charge in [0.25, 0.3) is 5.91 Å². The van der Waals surface area contributed by atoms with Gasteiger partial charge in [-0.25, -0.2) is 0 Å². The molecule has 0 bridgehead atoms. The lowest BCUT2D eigenvalue weighted by atomic mass is 10.4. The Morgan fingerprint density at radius 1 is 1.45 bits per heavy atom. The number of hydrogen-bond donors (Lipinski definition) is 0. The summed E-state index contributed by atoms with van der Waals surface area (Å²) in [5.41, 5.74) is 0. The molecule has 0 atom stereocenters. The SMILES string of the molecule is C=C(Br)C(=O)N1CCOCC1. The zero-order valence-corrected chi connectivity index (χ0v) is 7.76. The molecule has 0 aromatic heterocycles. The first-order valence-electron chi connectivity index (χ1n) is 3.43. The highest BCUT2D eigenvalue weighted by Crippen LogP contribution is 2.08. The molecule has 1 amide bonds. The number of halogens is 1. The smallest absolute Gasteiger partial charge is 0.260 e. The monoisotopic (exact) mass is 219 g/mol. The number of morpholine rings is 1. The average molecular weight is 220 g/mol. The van der Waals surface area contributed by atoms with E-state index in [2.05, 4.69) is 22.5 Å². The van der Waals surface area contributed by atoms with E-state index in [4.69, 9.17) is 4.74 Å². The molecule has 4 heteroatoms. The van der Waals surface area contributed by atoms with Crippen molar-refractivity contribution in [3.05, 3.63) is 11.1 Å². The zero-order chi connectivity index (χ0) is 8.27. The zero-order valence-electron chi connectivity index (χ0n) is 6.18. The molecule has 1 fully saturated rings. The normalized spacial score (nSPS) is 18.1. The van der Waals surface area contributed by atoms with Gasteiger partial charge in [0, 0.05) is 13.1 Å². The second kappa shape index (κ2) is 3.88. The number of hydrogen-bond acceptors (Lipinski definition) is 2. The van der Waals surface area contributed by atoms with Crippen molar-refractivity contribution < 1.29 is 9.53 Å². The topological polar surface area (TPSA) is 29.5 Å². The van der Waals surface area contributed by atoms with Crippen molar-refractivity contribution in [2.45, 2.75) is 0 Å². The Balaban J connectivity index is 2.45. The summed E-state index contributed by atoms with van der Waals surface area (Å²) in [5, 5.41) is 0. The van der Waals surface area contributed by atoms with Crippen molar-refractivity contribution in [2.24, 2.45) is 0 Å². The van der Waals surface area contributed by atoms with Gasteiger partial charge in [-0.3, -0.25) is 4.79 Å². The molecular weight excluding hydrogens is 210 g/mol. The van der Waals surface area contributed by atoms with Crippen LogP contribution < -0.4 is 0 Å². The standard InChI is InChI=1S/C7H10BrNO2/c1-6(8)7(10)9-2-4-11-5-3-9/h1-5H2. The summed E-state index contributed by atoms with van der Waals surface area (Å²) >= 11 is 3.05. The molecule has 62 valence electrons. The van der Waals surface area contributed by atoms with E-state index in [9.17, 15) is 4.79 Å². The van der Waals surface area contributed by atoms with Crippen LogP contribution in [0.4, 0.5) is 0 Å². The van der Waals surface area contributed by atoms with Crippen molar-refractivity contribution in [1.82, 2.24) is 4.90 Å². The van der Waals surface area contributed by atoms with Crippen molar-refractivity contribution in [3.8, 4) is 0 Å². The van der Waals surface area contributed by atoms with Crippen LogP contribution in [0.1, 0.15) is 0 Å². The van der Waals surface area contributed by atoms with Gasteiger partial charge in [0.05, 0.1) is 17.7 Å². The van der Waals surface area contributed by atoms with Gasteiger partial charge in [-0.1, -0.05) is 6.58 Å². The van der Waals surface area contributed by atoms with Gasteiger partial charge < -0.3 is 9.64 Å². The molecule has 1 aliphatic heterocycles. The molecule has 0 N–H and O–H groups in total. The molecule has 0 spiro atoms. The Morgan fingerprint density at radius 2 is 2.00 bits per heavy atom. The fourth-order valence-corrected chi connectivity index (χ4v) is 1.19. The molecule has 1 heterocycles. The second-order valence-electron chi connectivity index (χ2n) is 2.31. The summed E-state index contributed by atoms with van der Waals surface area (Å²) in [4.78, 5) is 12.9. The fraction of sp³-hybridized carbons (Fsp3) is 0.571. The van der Waals surface area contributed by atoms with E-state index >= 15 is 0 Å². The van der Waals surface area contributed by atoms with Gasteiger partial charge in [0.15, 0.2) is 0 Å². The Hall–Kier alpha value is -0.350. The minimum absolute atomic E-state index is 0.0340. The highest BCUT2D eigenvalue weighted by molar-refractivity contribution is 9.12. The summed E-state index contributed by atoms with van der Waals surface area (Å²) < 4.78 is 5.51. The Labute approximate surface area is 74.1 Å². The number of amides is 1. The third kappa shape index (κ3) is 2.31. The third-order valence-electron chi connectivity index (χ3n) is 1.53. The van der Waals surface area contributed by atoms with E-state index in [1.54, 1.807) is 4.90 Å². The van der Waals surface area contributed by atoms with E-state index in [0.29, 0.717) is 30.8 Å². The highest BCUT2D eigenvalue weighted by atomic mass is 79.9. The van der Waals surface area contributed by atoms with Gasteiger partial charge in [0.1, 0.15) is 0 Å². The molecule has 0 saturated carbocycles. The van der Waals surface area contributed by atoms with Gasteiger partial charge in [-0.2, -0.15) is 0 Å². The van der Waals surface area contributed by atoms with Crippen LogP contribution >= 0.6 is 15.9 Å². The number of rotatable bonds is 1. The number of ether oxygens (including phenoxy) is 1. The van der Waals surface area contributed by atoms with Crippen LogP contribution in [0.15, 0.2) is 11.1 Å². The third-order valence-corrected chi connectivity index (χ3v) is 1.87. The van der Waals surface area contributed by atoms with E-state index in [1.165, 1.54) is 0 Å². The molecule has 1 aliphatic rings. The van der Waals surface area contributed by atoms with Crippen LogP contribution in [-0.2, 0) is 9.53 Å². The van der Waals surface area contributed by atoms with Crippen LogP contribution in [0.2, 0.25) is 0 Å². The van der Waals surface area contributed by atoms with Crippen LogP contribution in [0.25, 0.3) is 0 Å². The van der Waals surface area contributed by atoms with E-state index in [0.717, 1.165) is 0 Å². The van der Waals surface area contributed by atoms with Crippen LogP contribution in [0.3, 0.4) is 0 Å². The molecule has 0 aromatic rings. The van der Waals surface area contributed by atoms with Gasteiger partial charge >= 0.3 is 0 Å². The predicted molar refractivity (Wildman–Crippen MR) is 45.5 cm³/mol. The molecular formula is C7H10BrNO2. The first-order chi connectivity index (χ1) is 5.22. The summed E-state index contributed by atoms with van der Waals surface area (Å²) in [6, 6.07) is 0. The lowest BCUT2D eigenvalue weighted by Crippen LogP contribution is -2.40. The number of carbonyl (C=O) groups excluding carboxylic acids is 1. The summed E-state index contributed by atoms with van der Waals surface area (Å²) in [6.07, 6.45) is 0. The average Bonchev–Trinajstić information content (AvgIpc) is 2.05. The first-order valence-corrected chi connectivity index (χ1v) is 4.22. The maximum atomic E-state index is 11.2. The Morgan fingerprint density at radius 3 is 2.45 bits per heavy atom. The van der Waals surface area contributed by atoms with Gasteiger partial charge in [-0.05, 0) is 15.9 Å². The lowest BCUT2D eigenvalue weighted by molar-refractivity contribution is -0.130. The number of nitrogens with zero attached hydrogens (tertiary/aromatic N) is 1. The fourth-order valence-electron chi connectivity index (χ4n) is 0.938. The number of carbonyl (C=O) groups is 1. The second-order valence-corrected chi connectivity index (χ2v) is 3.27. The first kappa shape index (κ1) is 8.74. The Kier molecular flexibility index (Phi) is 3.08. The summed E-state index contributed by atoms with van der Waals surface area (Å²) in [7, 11) is 0. The van der Waals surface area contributed by atoms with Gasteiger partial charge in [-0.15, -0.1) is 0 Å². The lowest BCUT2D eigenvalue weighted by Gasteiger charge is -2.26. The van der Waals surface area contributed by atoms with E-state index in [1.807, 2.05) is 0 Å². The summed E-state index contributed by atoms with van der Waals surface area (Å²) in [5.74, 6) is -0.0340. The minimum Gasteiger partial charge on any atom is -0.378 e. The Bertz CT molecular complexity index is 175.